The molecule has 2 heteroatoms. The van der Waals surface area contributed by atoms with Gasteiger partial charge in [0, 0.05) is 10.4 Å². The Labute approximate surface area is 130 Å². The monoisotopic (exact) mass is 300 g/mol. The van der Waals surface area contributed by atoms with Crippen molar-refractivity contribution in [3.8, 4) is 0 Å². The molecule has 2 aromatic rings. The summed E-state index contributed by atoms with van der Waals surface area (Å²) in [5.74, 6) is 0.457. The number of aliphatic hydroxyl groups excluding tert-OH is 1. The van der Waals surface area contributed by atoms with E-state index in [1.807, 2.05) is 0 Å². The second kappa shape index (κ2) is 4.47. The van der Waals surface area contributed by atoms with Gasteiger partial charge in [0.2, 0.25) is 0 Å². The number of hydrogen-bond donors (Lipinski definition) is 1. The third kappa shape index (κ3) is 1.94. The lowest BCUT2D eigenvalue weighted by Gasteiger charge is -2.38. The molecule has 0 radical (unpaired) electrons. The normalized spacial score (nSPS) is 31.2. The summed E-state index contributed by atoms with van der Waals surface area (Å²) in [6.07, 6.45) is 3.94. The Hall–Kier alpha value is -1.05. The Bertz CT molecular complexity index is 736. The smallest absolute Gasteiger partial charge is 0.0551 e. The molecule has 2 aromatic carbocycles. The van der Waals surface area contributed by atoms with Crippen LogP contribution in [-0.2, 0) is 6.42 Å². The van der Waals surface area contributed by atoms with Crippen LogP contribution in [0.15, 0.2) is 24.3 Å². The van der Waals surface area contributed by atoms with E-state index in [0.717, 1.165) is 24.3 Å². The molecule has 1 nitrogen and oxygen atoms in total. The van der Waals surface area contributed by atoms with Crippen molar-refractivity contribution in [1.29, 1.82) is 0 Å². The number of aryl methyl sites for hydroxylation is 2. The third-order valence-electron chi connectivity index (χ3n) is 5.76. The lowest BCUT2D eigenvalue weighted by atomic mass is 9.66. The van der Waals surface area contributed by atoms with Crippen LogP contribution in [0.4, 0.5) is 0 Å². The first-order valence-electron chi connectivity index (χ1n) is 7.88. The fourth-order valence-electron chi connectivity index (χ4n) is 4.67. The van der Waals surface area contributed by atoms with Crippen LogP contribution in [-0.4, -0.2) is 11.2 Å². The number of halogens is 1. The maximum Gasteiger partial charge on any atom is 0.0551 e. The van der Waals surface area contributed by atoms with Crippen molar-refractivity contribution in [3.63, 3.8) is 0 Å². The zero-order valence-corrected chi connectivity index (χ0v) is 13.4. The molecule has 0 heterocycles. The Morgan fingerprint density at radius 1 is 1.24 bits per heavy atom. The largest absolute Gasteiger partial charge is 0.393 e. The Balaban J connectivity index is 1.99. The first-order valence-corrected chi connectivity index (χ1v) is 8.25. The molecule has 2 aliphatic rings. The van der Waals surface area contributed by atoms with Crippen LogP contribution in [0.5, 0.6) is 0 Å². The predicted molar refractivity (Wildman–Crippen MR) is 88.1 cm³/mol. The summed E-state index contributed by atoms with van der Waals surface area (Å²) < 4.78 is 0. The molecule has 1 fully saturated rings. The van der Waals surface area contributed by atoms with Gasteiger partial charge in [-0.05, 0) is 66.5 Å². The average Bonchev–Trinajstić information content (AvgIpc) is 2.73. The Morgan fingerprint density at radius 3 is 2.86 bits per heavy atom. The van der Waals surface area contributed by atoms with Gasteiger partial charge in [0.1, 0.15) is 0 Å². The van der Waals surface area contributed by atoms with Crippen molar-refractivity contribution in [1.82, 2.24) is 0 Å². The fourth-order valence-corrected chi connectivity index (χ4v) is 4.95. The number of benzene rings is 2. The van der Waals surface area contributed by atoms with Crippen LogP contribution in [0.1, 0.15) is 48.8 Å². The molecule has 0 unspecified atom stereocenters. The van der Waals surface area contributed by atoms with Crippen molar-refractivity contribution in [2.75, 3.05) is 0 Å². The molecule has 3 atom stereocenters. The zero-order valence-electron chi connectivity index (χ0n) is 12.6. The second-order valence-electron chi connectivity index (χ2n) is 7.28. The van der Waals surface area contributed by atoms with E-state index in [1.54, 1.807) is 0 Å². The number of aliphatic hydroxyl groups is 1. The minimum atomic E-state index is -0.155. The highest BCUT2D eigenvalue weighted by molar-refractivity contribution is 6.35. The summed E-state index contributed by atoms with van der Waals surface area (Å²) in [5.41, 5.74) is 4.39. The molecule has 0 amide bonds. The highest BCUT2D eigenvalue weighted by atomic mass is 35.5. The molecule has 0 spiro atoms. The molecule has 0 aromatic heterocycles. The van der Waals surface area contributed by atoms with Gasteiger partial charge in [0.05, 0.1) is 6.10 Å². The van der Waals surface area contributed by atoms with E-state index >= 15 is 0 Å². The highest BCUT2D eigenvalue weighted by Crippen LogP contribution is 2.56. The van der Waals surface area contributed by atoms with Gasteiger partial charge in [-0.1, -0.05) is 42.3 Å². The number of fused-ring (bicyclic) bond motifs is 5. The third-order valence-corrected chi connectivity index (χ3v) is 6.07. The van der Waals surface area contributed by atoms with E-state index in [1.165, 1.54) is 33.9 Å². The molecule has 1 N–H and O–H groups in total. The quantitative estimate of drug-likeness (QED) is 0.726. The molecule has 2 aliphatic carbocycles. The molecule has 110 valence electrons. The predicted octanol–water partition coefficient (Wildman–Crippen LogP) is 4.99. The van der Waals surface area contributed by atoms with Crippen molar-refractivity contribution >= 4 is 22.4 Å². The van der Waals surface area contributed by atoms with Crippen LogP contribution in [0.2, 0.25) is 5.02 Å². The first-order chi connectivity index (χ1) is 9.98. The SMILES string of the molecule is Cc1ccc2c(Cl)cc3c(c2c1)CC[C@@]1(C)C[C@@H](O)C[C@H]31. The number of rotatable bonds is 0. The average molecular weight is 301 g/mol. The minimum Gasteiger partial charge on any atom is -0.393 e. The van der Waals surface area contributed by atoms with E-state index in [-0.39, 0.29) is 11.5 Å². The molecule has 0 saturated heterocycles. The van der Waals surface area contributed by atoms with E-state index in [2.05, 4.69) is 38.1 Å². The van der Waals surface area contributed by atoms with Crippen molar-refractivity contribution in [2.45, 2.75) is 51.6 Å². The molecule has 0 bridgehead atoms. The van der Waals surface area contributed by atoms with Gasteiger partial charge in [-0.25, -0.2) is 0 Å². The van der Waals surface area contributed by atoms with Gasteiger partial charge >= 0.3 is 0 Å². The lowest BCUT2D eigenvalue weighted by Crippen LogP contribution is -2.26. The maximum absolute atomic E-state index is 10.1. The Kier molecular flexibility index (Phi) is 2.90. The van der Waals surface area contributed by atoms with Crippen molar-refractivity contribution < 1.29 is 5.11 Å². The maximum atomic E-state index is 10.1. The topological polar surface area (TPSA) is 20.2 Å². The molecule has 0 aliphatic heterocycles. The summed E-state index contributed by atoms with van der Waals surface area (Å²) in [5, 5.41) is 13.5. The summed E-state index contributed by atoms with van der Waals surface area (Å²) in [6.45, 7) is 4.48. The minimum absolute atomic E-state index is 0.155. The summed E-state index contributed by atoms with van der Waals surface area (Å²) in [7, 11) is 0. The summed E-state index contributed by atoms with van der Waals surface area (Å²) in [4.78, 5) is 0. The summed E-state index contributed by atoms with van der Waals surface area (Å²) in [6, 6.07) is 8.72. The number of hydrogen-bond acceptors (Lipinski definition) is 1. The molecule has 4 rings (SSSR count). The van der Waals surface area contributed by atoms with Crippen LogP contribution < -0.4 is 0 Å². The standard InChI is InChI=1S/C19H21ClO/c1-11-3-4-14-15(7-11)13-5-6-19(2)10-12(21)8-17(19)16(13)9-18(14)20/h3-4,7,9,12,17,21H,5-6,8,10H2,1-2H3/t12-,17+,19-/m0/s1. The molecular weight excluding hydrogens is 280 g/mol. The van der Waals surface area contributed by atoms with Crippen LogP contribution in [0, 0.1) is 12.3 Å². The van der Waals surface area contributed by atoms with Gasteiger partial charge in [0.15, 0.2) is 0 Å². The van der Waals surface area contributed by atoms with Crippen molar-refractivity contribution in [2.24, 2.45) is 5.41 Å². The first kappa shape index (κ1) is 13.6. The van der Waals surface area contributed by atoms with E-state index in [0.29, 0.717) is 5.92 Å². The van der Waals surface area contributed by atoms with Crippen LogP contribution >= 0.6 is 11.6 Å². The molecule has 1 saturated carbocycles. The van der Waals surface area contributed by atoms with Gasteiger partial charge < -0.3 is 5.11 Å². The van der Waals surface area contributed by atoms with Gasteiger partial charge in [-0.3, -0.25) is 0 Å². The Morgan fingerprint density at radius 2 is 2.05 bits per heavy atom. The van der Waals surface area contributed by atoms with Gasteiger partial charge in [-0.15, -0.1) is 0 Å². The summed E-state index contributed by atoms with van der Waals surface area (Å²) >= 11 is 6.56. The van der Waals surface area contributed by atoms with Crippen LogP contribution in [0.25, 0.3) is 10.8 Å². The fraction of sp³-hybridized carbons (Fsp3) is 0.474. The van der Waals surface area contributed by atoms with E-state index in [9.17, 15) is 5.11 Å². The van der Waals surface area contributed by atoms with E-state index in [4.69, 9.17) is 11.6 Å². The van der Waals surface area contributed by atoms with Crippen molar-refractivity contribution in [3.05, 3.63) is 46.0 Å². The van der Waals surface area contributed by atoms with Gasteiger partial charge in [0.25, 0.3) is 0 Å². The zero-order chi connectivity index (χ0) is 14.8. The molecule has 21 heavy (non-hydrogen) atoms. The highest BCUT2D eigenvalue weighted by Gasteiger charge is 2.47. The lowest BCUT2D eigenvalue weighted by molar-refractivity contribution is 0.159. The van der Waals surface area contributed by atoms with Gasteiger partial charge in [-0.2, -0.15) is 0 Å². The van der Waals surface area contributed by atoms with Crippen LogP contribution in [0.3, 0.4) is 0 Å². The molecular formula is C19H21ClO. The van der Waals surface area contributed by atoms with E-state index < -0.39 is 0 Å². The second-order valence-corrected chi connectivity index (χ2v) is 7.68.